The highest BCUT2D eigenvalue weighted by atomic mass is 16.5. The fraction of sp³-hybridized carbons (Fsp3) is 0.476. The van der Waals surface area contributed by atoms with Gasteiger partial charge in [0.15, 0.2) is 5.96 Å². The number of aliphatic imine (C=N–C) groups is 1. The van der Waals surface area contributed by atoms with E-state index in [-0.39, 0.29) is 0 Å². The number of aryl methyl sites for hydroxylation is 1. The first-order chi connectivity index (χ1) is 12.5. The van der Waals surface area contributed by atoms with Gasteiger partial charge in [-0.1, -0.05) is 19.1 Å². The molecule has 0 fully saturated rings. The molecular weight excluding hydrogens is 324 g/mol. The quantitative estimate of drug-likeness (QED) is 0.580. The standard InChI is InChI=1S/C21H32N4O/c1-6-22-21(25(4)16-19-8-7-15-24(19)3)23-14-13-17(2)18-9-11-20(26-5)12-10-18/h7-12,15,17H,6,13-14,16H2,1-5H3,(H,22,23). The van der Waals surface area contributed by atoms with Crippen LogP contribution in [-0.4, -0.2) is 42.7 Å². The Morgan fingerprint density at radius 1 is 1.27 bits per heavy atom. The first kappa shape index (κ1) is 19.9. The zero-order chi connectivity index (χ0) is 18.9. The molecular formula is C21H32N4O. The van der Waals surface area contributed by atoms with Crippen molar-refractivity contribution in [1.29, 1.82) is 0 Å². The molecule has 1 atom stereocenters. The summed E-state index contributed by atoms with van der Waals surface area (Å²) in [5, 5.41) is 3.39. The summed E-state index contributed by atoms with van der Waals surface area (Å²) in [6.07, 6.45) is 3.09. The molecule has 0 radical (unpaired) electrons. The smallest absolute Gasteiger partial charge is 0.194 e. The van der Waals surface area contributed by atoms with E-state index in [9.17, 15) is 0 Å². The number of guanidine groups is 1. The molecule has 5 heteroatoms. The van der Waals surface area contributed by atoms with Gasteiger partial charge in [0, 0.05) is 39.1 Å². The van der Waals surface area contributed by atoms with Gasteiger partial charge < -0.3 is 19.5 Å². The third-order valence-corrected chi connectivity index (χ3v) is 4.66. The van der Waals surface area contributed by atoms with E-state index in [4.69, 9.17) is 9.73 Å². The normalized spacial score (nSPS) is 12.7. The average Bonchev–Trinajstić information content (AvgIpc) is 3.05. The molecule has 2 rings (SSSR count). The van der Waals surface area contributed by atoms with Gasteiger partial charge in [-0.25, -0.2) is 0 Å². The molecule has 2 aromatic rings. The molecule has 0 aliphatic heterocycles. The number of rotatable bonds is 8. The molecule has 0 amide bonds. The van der Waals surface area contributed by atoms with E-state index >= 15 is 0 Å². The van der Waals surface area contributed by atoms with Gasteiger partial charge in [-0.05, 0) is 49.1 Å². The first-order valence-corrected chi connectivity index (χ1v) is 9.28. The van der Waals surface area contributed by atoms with Crippen molar-refractivity contribution in [1.82, 2.24) is 14.8 Å². The van der Waals surface area contributed by atoms with Crippen molar-refractivity contribution in [2.45, 2.75) is 32.7 Å². The molecule has 0 aliphatic rings. The molecule has 1 aromatic heterocycles. The third-order valence-electron chi connectivity index (χ3n) is 4.66. The van der Waals surface area contributed by atoms with Crippen LogP contribution in [0.4, 0.5) is 0 Å². The Kier molecular flexibility index (Phi) is 7.57. The van der Waals surface area contributed by atoms with E-state index in [2.05, 4.69) is 73.2 Å². The van der Waals surface area contributed by atoms with Gasteiger partial charge in [0.25, 0.3) is 0 Å². The minimum atomic E-state index is 0.464. The number of ether oxygens (including phenoxy) is 1. The predicted molar refractivity (Wildman–Crippen MR) is 109 cm³/mol. The lowest BCUT2D eigenvalue weighted by atomic mass is 9.98. The van der Waals surface area contributed by atoms with Gasteiger partial charge in [-0.15, -0.1) is 0 Å². The van der Waals surface area contributed by atoms with Crippen molar-refractivity contribution in [3.8, 4) is 5.75 Å². The number of nitrogens with zero attached hydrogens (tertiary/aromatic N) is 3. The maximum Gasteiger partial charge on any atom is 0.194 e. The topological polar surface area (TPSA) is 41.8 Å². The van der Waals surface area contributed by atoms with Crippen LogP contribution in [0, 0.1) is 0 Å². The minimum absolute atomic E-state index is 0.464. The van der Waals surface area contributed by atoms with Crippen LogP contribution in [-0.2, 0) is 13.6 Å². The van der Waals surface area contributed by atoms with Crippen molar-refractivity contribution >= 4 is 5.96 Å². The predicted octanol–water partition coefficient (Wildman–Crippen LogP) is 3.62. The van der Waals surface area contributed by atoms with Gasteiger partial charge in [0.1, 0.15) is 5.75 Å². The molecule has 5 nitrogen and oxygen atoms in total. The van der Waals surface area contributed by atoms with Crippen LogP contribution in [0.2, 0.25) is 0 Å². The fourth-order valence-electron chi connectivity index (χ4n) is 2.91. The highest BCUT2D eigenvalue weighted by molar-refractivity contribution is 5.79. The maximum absolute atomic E-state index is 5.23. The Hall–Kier alpha value is -2.43. The van der Waals surface area contributed by atoms with E-state index in [1.165, 1.54) is 11.3 Å². The number of hydrogen-bond donors (Lipinski definition) is 1. The summed E-state index contributed by atoms with van der Waals surface area (Å²) in [6.45, 7) is 6.85. The van der Waals surface area contributed by atoms with Crippen LogP contribution in [0.25, 0.3) is 0 Å². The largest absolute Gasteiger partial charge is 0.497 e. The van der Waals surface area contributed by atoms with Gasteiger partial charge in [0.2, 0.25) is 0 Å². The second kappa shape index (κ2) is 9.90. The SMILES string of the molecule is CCNC(=NCCC(C)c1ccc(OC)cc1)N(C)Cc1cccn1C. The highest BCUT2D eigenvalue weighted by Gasteiger charge is 2.09. The number of methoxy groups -OCH3 is 1. The van der Waals surface area contributed by atoms with Crippen LogP contribution in [0.3, 0.4) is 0 Å². The summed E-state index contributed by atoms with van der Waals surface area (Å²) >= 11 is 0. The fourth-order valence-corrected chi connectivity index (χ4v) is 2.91. The molecule has 142 valence electrons. The van der Waals surface area contributed by atoms with Crippen LogP contribution in [0.5, 0.6) is 5.75 Å². The Morgan fingerprint density at radius 2 is 2.00 bits per heavy atom. The second-order valence-electron chi connectivity index (χ2n) is 6.67. The van der Waals surface area contributed by atoms with Gasteiger partial charge in [-0.2, -0.15) is 0 Å². The van der Waals surface area contributed by atoms with Crippen LogP contribution in [0.15, 0.2) is 47.6 Å². The summed E-state index contributed by atoms with van der Waals surface area (Å²) in [5.41, 5.74) is 2.59. The Balaban J connectivity index is 1.93. The number of hydrogen-bond acceptors (Lipinski definition) is 2. The molecule has 0 saturated heterocycles. The molecule has 1 heterocycles. The highest BCUT2D eigenvalue weighted by Crippen LogP contribution is 2.21. The molecule has 0 saturated carbocycles. The molecule has 1 N–H and O–H groups in total. The minimum Gasteiger partial charge on any atom is -0.497 e. The molecule has 0 spiro atoms. The summed E-state index contributed by atoms with van der Waals surface area (Å²) in [4.78, 5) is 7.00. The molecule has 0 aliphatic carbocycles. The average molecular weight is 357 g/mol. The Bertz CT molecular complexity index is 690. The number of nitrogens with one attached hydrogen (secondary N) is 1. The summed E-state index contributed by atoms with van der Waals surface area (Å²) in [6, 6.07) is 12.5. The van der Waals surface area contributed by atoms with E-state index in [1.807, 2.05) is 12.1 Å². The summed E-state index contributed by atoms with van der Waals surface area (Å²) in [5.74, 6) is 2.32. The van der Waals surface area contributed by atoms with Gasteiger partial charge in [-0.3, -0.25) is 4.99 Å². The van der Waals surface area contributed by atoms with Gasteiger partial charge in [0.05, 0.1) is 13.7 Å². The molecule has 1 unspecified atom stereocenters. The summed E-state index contributed by atoms with van der Waals surface area (Å²) in [7, 11) is 5.85. The van der Waals surface area contributed by atoms with E-state index < -0.39 is 0 Å². The molecule has 0 bridgehead atoms. The Labute approximate surface area is 157 Å². The van der Waals surface area contributed by atoms with Crippen molar-refractivity contribution < 1.29 is 4.74 Å². The lowest BCUT2D eigenvalue weighted by Gasteiger charge is -2.22. The van der Waals surface area contributed by atoms with Crippen molar-refractivity contribution in [3.05, 3.63) is 53.9 Å². The van der Waals surface area contributed by atoms with E-state index in [0.717, 1.165) is 37.8 Å². The number of benzene rings is 1. The van der Waals surface area contributed by atoms with Crippen LogP contribution in [0.1, 0.15) is 37.4 Å². The van der Waals surface area contributed by atoms with Crippen molar-refractivity contribution in [2.75, 3.05) is 27.2 Å². The lowest BCUT2D eigenvalue weighted by Crippen LogP contribution is -2.39. The van der Waals surface area contributed by atoms with E-state index in [1.54, 1.807) is 7.11 Å². The maximum atomic E-state index is 5.23. The molecule has 26 heavy (non-hydrogen) atoms. The zero-order valence-corrected chi connectivity index (χ0v) is 16.7. The van der Waals surface area contributed by atoms with Crippen molar-refractivity contribution in [2.24, 2.45) is 12.0 Å². The van der Waals surface area contributed by atoms with Gasteiger partial charge >= 0.3 is 0 Å². The zero-order valence-electron chi connectivity index (χ0n) is 16.7. The van der Waals surface area contributed by atoms with Crippen LogP contribution >= 0.6 is 0 Å². The van der Waals surface area contributed by atoms with Crippen molar-refractivity contribution in [3.63, 3.8) is 0 Å². The molecule has 1 aromatic carbocycles. The van der Waals surface area contributed by atoms with Crippen LogP contribution < -0.4 is 10.1 Å². The Morgan fingerprint density at radius 3 is 2.58 bits per heavy atom. The lowest BCUT2D eigenvalue weighted by molar-refractivity contribution is 0.414. The summed E-state index contributed by atoms with van der Waals surface area (Å²) < 4.78 is 7.37. The third kappa shape index (κ3) is 5.55. The monoisotopic (exact) mass is 356 g/mol. The number of aromatic nitrogens is 1. The van der Waals surface area contributed by atoms with E-state index in [0.29, 0.717) is 5.92 Å². The first-order valence-electron chi connectivity index (χ1n) is 9.28. The second-order valence-corrected chi connectivity index (χ2v) is 6.67.